The zero-order valence-corrected chi connectivity index (χ0v) is 18.1. The van der Waals surface area contributed by atoms with E-state index in [1.165, 1.54) is 4.88 Å². The zero-order chi connectivity index (χ0) is 19.9. The molecule has 7 heteroatoms. The smallest absolute Gasteiger partial charge is 0.191 e. The average Bonchev–Trinajstić information content (AvgIpc) is 3.04. The fraction of sp³-hybridized carbons (Fsp3) is 0.524. The number of ether oxygens (including phenoxy) is 1. The van der Waals surface area contributed by atoms with Gasteiger partial charge in [-0.1, -0.05) is 12.1 Å². The van der Waals surface area contributed by atoms with Gasteiger partial charge >= 0.3 is 0 Å². The summed E-state index contributed by atoms with van der Waals surface area (Å²) in [4.78, 5) is 12.7. The van der Waals surface area contributed by atoms with Crippen LogP contribution >= 0.6 is 11.3 Å². The highest BCUT2D eigenvalue weighted by Crippen LogP contribution is 2.29. The van der Waals surface area contributed by atoms with Gasteiger partial charge in [-0.05, 0) is 38.8 Å². The molecule has 0 spiro atoms. The second-order valence-corrected chi connectivity index (χ2v) is 8.38. The van der Waals surface area contributed by atoms with Gasteiger partial charge in [0, 0.05) is 44.0 Å². The summed E-state index contributed by atoms with van der Waals surface area (Å²) in [6.07, 6.45) is 3.25. The molecular formula is C21H31N5OS. The van der Waals surface area contributed by atoms with Crippen molar-refractivity contribution in [3.05, 3.63) is 39.8 Å². The van der Waals surface area contributed by atoms with Gasteiger partial charge in [0.15, 0.2) is 5.96 Å². The Kier molecular flexibility index (Phi) is 7.14. The van der Waals surface area contributed by atoms with Crippen LogP contribution in [0.15, 0.2) is 29.3 Å². The molecule has 1 aromatic carbocycles. The lowest BCUT2D eigenvalue weighted by Crippen LogP contribution is -2.51. The van der Waals surface area contributed by atoms with Crippen LogP contribution in [-0.2, 0) is 6.42 Å². The monoisotopic (exact) mass is 401 g/mol. The molecule has 152 valence electrons. The third kappa shape index (κ3) is 5.16. The quantitative estimate of drug-likeness (QED) is 0.575. The number of piperidine rings is 1. The predicted molar refractivity (Wildman–Crippen MR) is 118 cm³/mol. The maximum absolute atomic E-state index is 5.54. The molecule has 1 aliphatic rings. The number of rotatable bonds is 6. The summed E-state index contributed by atoms with van der Waals surface area (Å²) in [6.45, 7) is 6.99. The minimum Gasteiger partial charge on any atom is -0.495 e. The molecule has 0 bridgehead atoms. The molecule has 28 heavy (non-hydrogen) atoms. The molecule has 1 aliphatic heterocycles. The number of para-hydroxylation sites is 2. The van der Waals surface area contributed by atoms with Crippen molar-refractivity contribution >= 4 is 23.0 Å². The van der Waals surface area contributed by atoms with Crippen LogP contribution in [0.3, 0.4) is 0 Å². The zero-order valence-electron chi connectivity index (χ0n) is 17.3. The van der Waals surface area contributed by atoms with Crippen LogP contribution in [-0.4, -0.2) is 50.8 Å². The molecule has 1 fully saturated rings. The van der Waals surface area contributed by atoms with Gasteiger partial charge in [0.2, 0.25) is 0 Å². The summed E-state index contributed by atoms with van der Waals surface area (Å²) in [5.41, 5.74) is 2.31. The average molecular weight is 402 g/mol. The van der Waals surface area contributed by atoms with E-state index in [4.69, 9.17) is 4.74 Å². The van der Waals surface area contributed by atoms with E-state index < -0.39 is 0 Å². The van der Waals surface area contributed by atoms with Gasteiger partial charge in [-0.3, -0.25) is 4.99 Å². The van der Waals surface area contributed by atoms with Crippen molar-refractivity contribution in [2.75, 3.05) is 38.7 Å². The topological polar surface area (TPSA) is 61.8 Å². The Labute approximate surface area is 172 Å². The Hall–Kier alpha value is -2.28. The predicted octanol–water partition coefficient (Wildman–Crippen LogP) is 3.15. The van der Waals surface area contributed by atoms with Crippen LogP contribution in [0.5, 0.6) is 5.75 Å². The van der Waals surface area contributed by atoms with E-state index in [2.05, 4.69) is 51.5 Å². The Morgan fingerprint density at radius 2 is 2.18 bits per heavy atom. The van der Waals surface area contributed by atoms with Crippen molar-refractivity contribution in [1.29, 1.82) is 0 Å². The molecule has 1 unspecified atom stereocenters. The third-order valence-corrected chi connectivity index (χ3v) is 6.19. The van der Waals surface area contributed by atoms with Crippen molar-refractivity contribution in [2.24, 2.45) is 4.99 Å². The lowest BCUT2D eigenvalue weighted by Gasteiger charge is -2.36. The van der Waals surface area contributed by atoms with Crippen molar-refractivity contribution in [3.8, 4) is 5.75 Å². The van der Waals surface area contributed by atoms with Crippen LogP contribution in [0.2, 0.25) is 0 Å². The molecule has 0 radical (unpaired) electrons. The number of hydrogen-bond acceptors (Lipinski definition) is 5. The number of methoxy groups -OCH3 is 1. The lowest BCUT2D eigenvalue weighted by atomic mass is 10.0. The van der Waals surface area contributed by atoms with Gasteiger partial charge in [0.1, 0.15) is 5.75 Å². The van der Waals surface area contributed by atoms with Gasteiger partial charge in [0.05, 0.1) is 23.5 Å². The standard InChI is InChI=1S/C21H31N5OS/c1-15-20(28-16(2)24-15)11-12-23-21(22-3)25-17-8-7-13-26(14-17)18-9-5-6-10-19(18)27-4/h5-6,9-10,17H,7-8,11-14H2,1-4H3,(H2,22,23,25). The molecule has 1 saturated heterocycles. The molecule has 0 aliphatic carbocycles. The maximum atomic E-state index is 5.54. The van der Waals surface area contributed by atoms with E-state index in [-0.39, 0.29) is 0 Å². The minimum absolute atomic E-state index is 0.359. The number of benzene rings is 1. The number of guanidine groups is 1. The highest BCUT2D eigenvalue weighted by atomic mass is 32.1. The summed E-state index contributed by atoms with van der Waals surface area (Å²) in [7, 11) is 3.56. The van der Waals surface area contributed by atoms with Crippen molar-refractivity contribution in [1.82, 2.24) is 15.6 Å². The second kappa shape index (κ2) is 9.78. The first-order valence-electron chi connectivity index (χ1n) is 9.88. The van der Waals surface area contributed by atoms with E-state index in [1.807, 2.05) is 19.2 Å². The fourth-order valence-corrected chi connectivity index (χ4v) is 4.63. The molecule has 3 rings (SSSR count). The number of aromatic nitrogens is 1. The number of aryl methyl sites for hydroxylation is 2. The van der Waals surface area contributed by atoms with Crippen LogP contribution in [0.25, 0.3) is 0 Å². The molecule has 0 saturated carbocycles. The first-order valence-corrected chi connectivity index (χ1v) is 10.7. The fourth-order valence-electron chi connectivity index (χ4n) is 3.69. The molecule has 1 atom stereocenters. The lowest BCUT2D eigenvalue weighted by molar-refractivity contribution is 0.408. The number of anilines is 1. The van der Waals surface area contributed by atoms with Gasteiger partial charge in [0.25, 0.3) is 0 Å². The third-order valence-electron chi connectivity index (χ3n) is 5.06. The molecule has 2 heterocycles. The summed E-state index contributed by atoms with van der Waals surface area (Å²) in [5.74, 6) is 1.80. The molecular weight excluding hydrogens is 370 g/mol. The van der Waals surface area contributed by atoms with E-state index in [0.717, 1.165) is 67.0 Å². The highest BCUT2D eigenvalue weighted by Gasteiger charge is 2.22. The van der Waals surface area contributed by atoms with Gasteiger partial charge in [-0.2, -0.15) is 0 Å². The van der Waals surface area contributed by atoms with E-state index in [0.29, 0.717) is 6.04 Å². The van der Waals surface area contributed by atoms with Crippen LogP contribution in [0, 0.1) is 13.8 Å². The molecule has 2 N–H and O–H groups in total. The normalized spacial score (nSPS) is 17.5. The van der Waals surface area contributed by atoms with Gasteiger partial charge in [-0.25, -0.2) is 4.98 Å². The molecule has 1 aromatic heterocycles. The Morgan fingerprint density at radius 1 is 1.36 bits per heavy atom. The van der Waals surface area contributed by atoms with Crippen LogP contribution < -0.4 is 20.3 Å². The number of nitrogens with zero attached hydrogens (tertiary/aromatic N) is 3. The highest BCUT2D eigenvalue weighted by molar-refractivity contribution is 7.11. The second-order valence-electron chi connectivity index (χ2n) is 7.09. The van der Waals surface area contributed by atoms with Crippen molar-refractivity contribution in [2.45, 2.75) is 39.2 Å². The summed E-state index contributed by atoms with van der Waals surface area (Å²) >= 11 is 1.78. The summed E-state index contributed by atoms with van der Waals surface area (Å²) in [6, 6.07) is 8.60. The van der Waals surface area contributed by atoms with Gasteiger partial charge in [-0.15, -0.1) is 11.3 Å². The first-order chi connectivity index (χ1) is 13.6. The minimum atomic E-state index is 0.359. The number of thiazole rings is 1. The van der Waals surface area contributed by atoms with Gasteiger partial charge < -0.3 is 20.3 Å². The summed E-state index contributed by atoms with van der Waals surface area (Å²) in [5, 5.41) is 8.18. The number of hydrogen-bond donors (Lipinski definition) is 2. The number of nitrogens with one attached hydrogen (secondary N) is 2. The Balaban J connectivity index is 1.53. The number of aliphatic imine (C=N–C) groups is 1. The Morgan fingerprint density at radius 3 is 2.89 bits per heavy atom. The van der Waals surface area contributed by atoms with Crippen LogP contribution in [0.4, 0.5) is 5.69 Å². The van der Waals surface area contributed by atoms with Crippen molar-refractivity contribution < 1.29 is 4.74 Å². The maximum Gasteiger partial charge on any atom is 0.191 e. The van der Waals surface area contributed by atoms with Crippen LogP contribution in [0.1, 0.15) is 28.4 Å². The molecule has 0 amide bonds. The molecule has 2 aromatic rings. The van der Waals surface area contributed by atoms with E-state index in [1.54, 1.807) is 18.4 Å². The van der Waals surface area contributed by atoms with Crippen molar-refractivity contribution in [3.63, 3.8) is 0 Å². The van der Waals surface area contributed by atoms with E-state index in [9.17, 15) is 0 Å². The Bertz CT molecular complexity index is 804. The molecule has 6 nitrogen and oxygen atoms in total. The largest absolute Gasteiger partial charge is 0.495 e. The SMILES string of the molecule is CN=C(NCCc1sc(C)nc1C)NC1CCCN(c2ccccc2OC)C1. The summed E-state index contributed by atoms with van der Waals surface area (Å²) < 4.78 is 5.54. The van der Waals surface area contributed by atoms with E-state index >= 15 is 0 Å². The first kappa shape index (κ1) is 20.5.